The lowest BCUT2D eigenvalue weighted by atomic mass is 10.0. The molecule has 7 heteroatoms. The van der Waals surface area contributed by atoms with Gasteiger partial charge in [-0.3, -0.25) is 9.59 Å². The van der Waals surface area contributed by atoms with Crippen molar-refractivity contribution in [3.63, 3.8) is 0 Å². The molecule has 2 aliphatic rings. The van der Waals surface area contributed by atoms with Gasteiger partial charge in [-0.05, 0) is 25.1 Å². The number of fused-ring (bicyclic) bond motifs is 2. The predicted molar refractivity (Wildman–Crippen MR) is 103 cm³/mol. The Morgan fingerprint density at radius 1 is 1.35 bits per heavy atom. The number of aryl methyl sites for hydroxylation is 1. The average Bonchev–Trinajstić information content (AvgIpc) is 3.00. The molecule has 2 heterocycles. The van der Waals surface area contributed by atoms with Crippen LogP contribution in [0.15, 0.2) is 59.2 Å². The fraction of sp³-hybridized carbons (Fsp3) is 0.211. The first-order valence-corrected chi connectivity index (χ1v) is 9.96. The highest BCUT2D eigenvalue weighted by Crippen LogP contribution is 2.34. The third kappa shape index (κ3) is 3.45. The molecule has 4 rings (SSSR count). The minimum Gasteiger partial charge on any atom is -0.347 e. The van der Waals surface area contributed by atoms with Crippen LogP contribution in [-0.2, 0) is 11.3 Å². The van der Waals surface area contributed by atoms with Gasteiger partial charge in [0.15, 0.2) is 0 Å². The monoisotopic (exact) mass is 383 g/mol. The number of nitrogens with one attached hydrogen (secondary N) is 2. The molecule has 132 valence electrons. The molecule has 1 aliphatic carbocycles. The van der Waals surface area contributed by atoms with Crippen LogP contribution in [0, 0.1) is 6.92 Å². The van der Waals surface area contributed by atoms with Gasteiger partial charge in [0.25, 0.3) is 11.8 Å². The summed E-state index contributed by atoms with van der Waals surface area (Å²) in [6, 6.07) is 7.37. The van der Waals surface area contributed by atoms with Crippen LogP contribution in [0.1, 0.15) is 20.2 Å². The van der Waals surface area contributed by atoms with Gasteiger partial charge in [0, 0.05) is 21.5 Å². The fourth-order valence-electron chi connectivity index (χ4n) is 2.94. The van der Waals surface area contributed by atoms with Gasteiger partial charge in [-0.15, -0.1) is 23.1 Å². The maximum atomic E-state index is 12.5. The van der Waals surface area contributed by atoms with Gasteiger partial charge in [-0.25, -0.2) is 4.98 Å². The summed E-state index contributed by atoms with van der Waals surface area (Å²) in [5, 5.41) is 6.99. The number of hydrogen-bond acceptors (Lipinski definition) is 5. The van der Waals surface area contributed by atoms with E-state index in [9.17, 15) is 9.59 Å². The summed E-state index contributed by atoms with van der Waals surface area (Å²) in [7, 11) is 0. The lowest BCUT2D eigenvalue weighted by Gasteiger charge is -2.23. The zero-order valence-electron chi connectivity index (χ0n) is 14.1. The summed E-state index contributed by atoms with van der Waals surface area (Å²) in [6.07, 6.45) is 7.44. The lowest BCUT2D eigenvalue weighted by molar-refractivity contribution is -0.117. The zero-order chi connectivity index (χ0) is 18.1. The summed E-state index contributed by atoms with van der Waals surface area (Å²) in [4.78, 5) is 31.1. The number of amides is 2. The van der Waals surface area contributed by atoms with Crippen LogP contribution in [0.5, 0.6) is 0 Å². The van der Waals surface area contributed by atoms with Gasteiger partial charge in [0.05, 0.1) is 28.4 Å². The molecule has 0 radical (unpaired) electrons. The molecule has 1 aromatic carbocycles. The molecule has 2 amide bonds. The van der Waals surface area contributed by atoms with Crippen molar-refractivity contribution < 1.29 is 9.59 Å². The molecule has 2 atom stereocenters. The van der Waals surface area contributed by atoms with E-state index in [0.29, 0.717) is 17.7 Å². The first-order chi connectivity index (χ1) is 12.6. The van der Waals surface area contributed by atoms with Crippen LogP contribution in [-0.4, -0.2) is 28.1 Å². The van der Waals surface area contributed by atoms with Gasteiger partial charge >= 0.3 is 0 Å². The second kappa shape index (κ2) is 7.09. The van der Waals surface area contributed by atoms with E-state index in [4.69, 9.17) is 0 Å². The minimum atomic E-state index is -0.212. The van der Waals surface area contributed by atoms with E-state index in [1.165, 1.54) is 0 Å². The highest BCUT2D eigenvalue weighted by molar-refractivity contribution is 8.00. The second-order valence-electron chi connectivity index (χ2n) is 6.09. The van der Waals surface area contributed by atoms with Crippen molar-refractivity contribution in [2.24, 2.45) is 0 Å². The summed E-state index contributed by atoms with van der Waals surface area (Å²) in [5.74, 6) is -0.251. The molecule has 2 unspecified atom stereocenters. The minimum absolute atomic E-state index is 0.0725. The van der Waals surface area contributed by atoms with E-state index >= 15 is 0 Å². The molecule has 1 aliphatic heterocycles. The molecular weight excluding hydrogens is 366 g/mol. The highest BCUT2D eigenvalue weighted by atomic mass is 32.2. The number of thiazole rings is 1. The normalized spacial score (nSPS) is 21.1. The summed E-state index contributed by atoms with van der Waals surface area (Å²) < 4.78 is 0. The quantitative estimate of drug-likeness (QED) is 0.855. The molecule has 0 fully saturated rings. The van der Waals surface area contributed by atoms with Crippen LogP contribution in [0.4, 0.5) is 0 Å². The van der Waals surface area contributed by atoms with Crippen molar-refractivity contribution in [3.05, 3.63) is 69.7 Å². The third-order valence-corrected chi connectivity index (χ3v) is 6.47. The molecular formula is C19H17N3O2S2. The summed E-state index contributed by atoms with van der Waals surface area (Å²) in [5.41, 5.74) is 1.25. The Balaban J connectivity index is 1.48. The van der Waals surface area contributed by atoms with E-state index in [-0.39, 0.29) is 23.1 Å². The molecule has 0 spiro atoms. The Kier molecular flexibility index (Phi) is 4.65. The van der Waals surface area contributed by atoms with Crippen molar-refractivity contribution in [3.8, 4) is 0 Å². The molecule has 26 heavy (non-hydrogen) atoms. The Labute approximate surface area is 159 Å². The van der Waals surface area contributed by atoms with E-state index in [0.717, 1.165) is 14.8 Å². The maximum absolute atomic E-state index is 12.5. The van der Waals surface area contributed by atoms with Gasteiger partial charge in [0.2, 0.25) is 0 Å². The molecule has 0 saturated carbocycles. The van der Waals surface area contributed by atoms with Crippen LogP contribution in [0.3, 0.4) is 0 Å². The summed E-state index contributed by atoms with van der Waals surface area (Å²) >= 11 is 3.21. The van der Waals surface area contributed by atoms with Crippen LogP contribution in [0.2, 0.25) is 0 Å². The molecule has 0 saturated heterocycles. The predicted octanol–water partition coefficient (Wildman–Crippen LogP) is 2.84. The lowest BCUT2D eigenvalue weighted by Crippen LogP contribution is -2.40. The number of nitrogens with zero attached hydrogens (tertiary/aromatic N) is 1. The van der Waals surface area contributed by atoms with Crippen LogP contribution in [0.25, 0.3) is 0 Å². The molecule has 2 aromatic rings. The maximum Gasteiger partial charge on any atom is 0.252 e. The van der Waals surface area contributed by atoms with Crippen molar-refractivity contribution in [1.29, 1.82) is 0 Å². The molecule has 5 nitrogen and oxygen atoms in total. The highest BCUT2D eigenvalue weighted by Gasteiger charge is 2.30. The molecule has 0 bridgehead atoms. The van der Waals surface area contributed by atoms with Crippen molar-refractivity contribution in [2.75, 3.05) is 0 Å². The van der Waals surface area contributed by atoms with Gasteiger partial charge in [-0.2, -0.15) is 0 Å². The van der Waals surface area contributed by atoms with Crippen molar-refractivity contribution >= 4 is 34.9 Å². The topological polar surface area (TPSA) is 71.1 Å². The summed E-state index contributed by atoms with van der Waals surface area (Å²) in [6.45, 7) is 2.39. The van der Waals surface area contributed by atoms with E-state index < -0.39 is 0 Å². The fourth-order valence-corrected chi connectivity index (χ4v) is 4.86. The van der Waals surface area contributed by atoms with Crippen LogP contribution < -0.4 is 10.6 Å². The first kappa shape index (κ1) is 17.1. The van der Waals surface area contributed by atoms with E-state index in [2.05, 4.69) is 15.6 Å². The van der Waals surface area contributed by atoms with Gasteiger partial charge < -0.3 is 10.6 Å². The number of thioether (sulfide) groups is 1. The zero-order valence-corrected chi connectivity index (χ0v) is 15.7. The van der Waals surface area contributed by atoms with Gasteiger partial charge in [-0.1, -0.05) is 24.3 Å². The first-order valence-electron chi connectivity index (χ1n) is 8.26. The number of carbonyl (C=O) groups excluding carboxylic acids is 2. The van der Waals surface area contributed by atoms with Gasteiger partial charge in [0.1, 0.15) is 0 Å². The number of carbonyl (C=O) groups is 2. The van der Waals surface area contributed by atoms with Crippen LogP contribution >= 0.6 is 23.1 Å². The number of aromatic nitrogens is 1. The largest absolute Gasteiger partial charge is 0.347 e. The Hall–Kier alpha value is -2.38. The number of hydrogen-bond donors (Lipinski definition) is 2. The number of rotatable bonds is 3. The Morgan fingerprint density at radius 2 is 2.19 bits per heavy atom. The average molecular weight is 383 g/mol. The number of benzene rings is 1. The SMILES string of the molecule is Cc1ncc(CNC(=O)C2=CC3NC(=O)c4ccccc4SC3C=C2)s1. The van der Waals surface area contributed by atoms with Crippen molar-refractivity contribution in [1.82, 2.24) is 15.6 Å². The molecule has 2 N–H and O–H groups in total. The van der Waals surface area contributed by atoms with E-state index in [1.807, 2.05) is 49.4 Å². The van der Waals surface area contributed by atoms with E-state index in [1.54, 1.807) is 29.3 Å². The Morgan fingerprint density at radius 3 is 3.00 bits per heavy atom. The molecule has 1 aromatic heterocycles. The smallest absolute Gasteiger partial charge is 0.252 e. The second-order valence-corrected chi connectivity index (χ2v) is 8.63. The standard InChI is InChI=1S/C19H17N3O2S2/c1-11-20-9-13(25-11)10-21-18(23)12-6-7-17-15(8-12)22-19(24)14-4-2-3-5-16(14)26-17/h2-9,15,17H,10H2,1H3,(H,21,23)(H,22,24). The van der Waals surface area contributed by atoms with Crippen molar-refractivity contribution in [2.45, 2.75) is 29.7 Å². The third-order valence-electron chi connectivity index (χ3n) is 4.23. The Bertz CT molecular complexity index is 932.